The van der Waals surface area contributed by atoms with Crippen LogP contribution in [0, 0.1) is 6.61 Å². The Morgan fingerprint density at radius 1 is 1.83 bits per heavy atom. The van der Waals surface area contributed by atoms with Gasteiger partial charge >= 0.3 is 0 Å². The van der Waals surface area contributed by atoms with Crippen LogP contribution in [0.2, 0.25) is 0 Å². The van der Waals surface area contributed by atoms with E-state index in [1.54, 1.807) is 6.61 Å². The SMILES string of the molecule is CC1[CH]OC=N1. The fraction of sp³-hybridized carbons (Fsp3) is 0.500. The van der Waals surface area contributed by atoms with E-state index in [0.717, 1.165) is 0 Å². The molecule has 0 aromatic rings. The van der Waals surface area contributed by atoms with Gasteiger partial charge in [0.05, 0.1) is 6.04 Å². The van der Waals surface area contributed by atoms with E-state index in [4.69, 9.17) is 0 Å². The van der Waals surface area contributed by atoms with E-state index in [9.17, 15) is 0 Å². The lowest BCUT2D eigenvalue weighted by atomic mass is 10.4. The number of nitrogens with zero attached hydrogens (tertiary/aromatic N) is 1. The van der Waals surface area contributed by atoms with Crippen LogP contribution in [0.4, 0.5) is 0 Å². The quantitative estimate of drug-likeness (QED) is 0.421. The summed E-state index contributed by atoms with van der Waals surface area (Å²) in [5.41, 5.74) is 0. The van der Waals surface area contributed by atoms with Gasteiger partial charge in [0.25, 0.3) is 0 Å². The molecule has 0 aromatic heterocycles. The van der Waals surface area contributed by atoms with E-state index in [2.05, 4.69) is 9.73 Å². The van der Waals surface area contributed by atoms with Crippen molar-refractivity contribution >= 4 is 6.40 Å². The van der Waals surface area contributed by atoms with Gasteiger partial charge in [-0.3, -0.25) is 4.99 Å². The van der Waals surface area contributed by atoms with Crippen LogP contribution in [0.5, 0.6) is 0 Å². The zero-order chi connectivity index (χ0) is 4.41. The molecule has 1 unspecified atom stereocenters. The molecule has 1 rings (SSSR count). The predicted molar refractivity (Wildman–Crippen MR) is 23.3 cm³/mol. The predicted octanol–water partition coefficient (Wildman–Crippen LogP) is 0.595. The maximum atomic E-state index is 4.64. The highest BCUT2D eigenvalue weighted by Gasteiger charge is 2.02. The first kappa shape index (κ1) is 3.65. The number of ether oxygens (including phenoxy) is 1. The first-order valence-electron chi connectivity index (χ1n) is 1.90. The Morgan fingerprint density at radius 2 is 2.67 bits per heavy atom. The first-order chi connectivity index (χ1) is 2.89. The topological polar surface area (TPSA) is 21.6 Å². The summed E-state index contributed by atoms with van der Waals surface area (Å²) in [6.07, 6.45) is 1.45. The zero-order valence-electron chi connectivity index (χ0n) is 3.59. The third-order valence-electron chi connectivity index (χ3n) is 0.632. The van der Waals surface area contributed by atoms with E-state index in [-0.39, 0.29) is 6.04 Å². The van der Waals surface area contributed by atoms with Crippen LogP contribution in [0.25, 0.3) is 0 Å². The van der Waals surface area contributed by atoms with Crippen molar-refractivity contribution in [3.05, 3.63) is 6.61 Å². The molecule has 0 saturated carbocycles. The standard InChI is InChI=1S/C4H6NO/c1-4-2-6-3-5-4/h2-4H,1H3. The second-order valence-corrected chi connectivity index (χ2v) is 1.27. The summed E-state index contributed by atoms with van der Waals surface area (Å²) >= 11 is 0. The highest BCUT2D eigenvalue weighted by atomic mass is 16.5. The minimum Gasteiger partial charge on any atom is -0.474 e. The fourth-order valence-corrected chi connectivity index (χ4v) is 0.315. The lowest BCUT2D eigenvalue weighted by Crippen LogP contribution is -1.89. The van der Waals surface area contributed by atoms with Gasteiger partial charge < -0.3 is 4.74 Å². The maximum absolute atomic E-state index is 4.64. The zero-order valence-corrected chi connectivity index (χ0v) is 3.59. The molecule has 0 N–H and O–H groups in total. The molecule has 1 aliphatic heterocycles. The van der Waals surface area contributed by atoms with Crippen molar-refractivity contribution < 1.29 is 4.74 Å². The van der Waals surface area contributed by atoms with Crippen LogP contribution >= 0.6 is 0 Å². The van der Waals surface area contributed by atoms with Crippen molar-refractivity contribution in [3.63, 3.8) is 0 Å². The van der Waals surface area contributed by atoms with Crippen molar-refractivity contribution in [3.8, 4) is 0 Å². The summed E-state index contributed by atoms with van der Waals surface area (Å²) in [5.74, 6) is 0. The van der Waals surface area contributed by atoms with Gasteiger partial charge in [0, 0.05) is 0 Å². The van der Waals surface area contributed by atoms with Crippen molar-refractivity contribution in [1.29, 1.82) is 0 Å². The molecule has 0 aliphatic carbocycles. The van der Waals surface area contributed by atoms with Crippen molar-refractivity contribution in [2.45, 2.75) is 13.0 Å². The summed E-state index contributed by atoms with van der Waals surface area (Å²) in [6, 6.07) is 0.269. The maximum Gasteiger partial charge on any atom is 0.170 e. The first-order valence-corrected chi connectivity index (χ1v) is 1.90. The van der Waals surface area contributed by atoms with E-state index in [1.165, 1.54) is 6.40 Å². The number of hydrogen-bond acceptors (Lipinski definition) is 2. The molecular formula is C4H6NO. The van der Waals surface area contributed by atoms with Gasteiger partial charge in [-0.2, -0.15) is 0 Å². The Hall–Kier alpha value is -0.530. The van der Waals surface area contributed by atoms with E-state index in [1.807, 2.05) is 6.92 Å². The number of rotatable bonds is 0. The Morgan fingerprint density at radius 3 is 2.83 bits per heavy atom. The highest BCUT2D eigenvalue weighted by Crippen LogP contribution is 1.99. The molecule has 0 aromatic carbocycles. The molecule has 1 heterocycles. The summed E-state index contributed by atoms with van der Waals surface area (Å²) < 4.78 is 4.64. The summed E-state index contributed by atoms with van der Waals surface area (Å²) in [7, 11) is 0. The van der Waals surface area contributed by atoms with Crippen LogP contribution in [0.3, 0.4) is 0 Å². The lowest BCUT2D eigenvalue weighted by molar-refractivity contribution is 0.422. The molecule has 2 heteroatoms. The molecule has 2 nitrogen and oxygen atoms in total. The molecule has 1 atom stereocenters. The van der Waals surface area contributed by atoms with Crippen LogP contribution < -0.4 is 0 Å². The third kappa shape index (κ3) is 0.506. The van der Waals surface area contributed by atoms with Gasteiger partial charge in [0.15, 0.2) is 13.0 Å². The molecular weight excluding hydrogens is 78.1 g/mol. The van der Waals surface area contributed by atoms with Crippen LogP contribution in [0.1, 0.15) is 6.92 Å². The van der Waals surface area contributed by atoms with Crippen LogP contribution in [-0.4, -0.2) is 12.4 Å². The minimum absolute atomic E-state index is 0.269. The molecule has 0 spiro atoms. The molecule has 6 heavy (non-hydrogen) atoms. The van der Waals surface area contributed by atoms with Gasteiger partial charge in [0.2, 0.25) is 0 Å². The number of aliphatic imine (C=N–C) groups is 1. The largest absolute Gasteiger partial charge is 0.474 e. The highest BCUT2D eigenvalue weighted by molar-refractivity contribution is 5.50. The Kier molecular flexibility index (Phi) is 0.783. The Bertz CT molecular complexity index is 69.9. The molecule has 0 saturated heterocycles. The van der Waals surface area contributed by atoms with Gasteiger partial charge in [-0.05, 0) is 6.92 Å². The lowest BCUT2D eigenvalue weighted by Gasteiger charge is -1.86. The summed E-state index contributed by atoms with van der Waals surface area (Å²) in [4.78, 5) is 3.83. The van der Waals surface area contributed by atoms with Crippen LogP contribution in [-0.2, 0) is 4.74 Å². The smallest absolute Gasteiger partial charge is 0.170 e. The van der Waals surface area contributed by atoms with Crippen molar-refractivity contribution in [1.82, 2.24) is 0 Å². The molecule has 1 radical (unpaired) electrons. The van der Waals surface area contributed by atoms with Crippen LogP contribution in [0.15, 0.2) is 4.99 Å². The summed E-state index contributed by atoms with van der Waals surface area (Å²) in [5, 5.41) is 0. The second-order valence-electron chi connectivity index (χ2n) is 1.27. The van der Waals surface area contributed by atoms with Crippen molar-refractivity contribution in [2.24, 2.45) is 4.99 Å². The van der Waals surface area contributed by atoms with E-state index >= 15 is 0 Å². The third-order valence-corrected chi connectivity index (χ3v) is 0.632. The average Bonchev–Trinajstić information content (AvgIpc) is 1.86. The van der Waals surface area contributed by atoms with E-state index < -0.39 is 0 Å². The second kappa shape index (κ2) is 1.29. The van der Waals surface area contributed by atoms with Crippen molar-refractivity contribution in [2.75, 3.05) is 0 Å². The molecule has 0 amide bonds. The fourth-order valence-electron chi connectivity index (χ4n) is 0.315. The minimum atomic E-state index is 0.269. The Balaban J connectivity index is 2.38. The van der Waals surface area contributed by atoms with Gasteiger partial charge in [-0.1, -0.05) is 0 Å². The average molecular weight is 84.1 g/mol. The van der Waals surface area contributed by atoms with Gasteiger partial charge in [-0.15, -0.1) is 0 Å². The molecule has 0 fully saturated rings. The molecule has 33 valence electrons. The molecule has 0 bridgehead atoms. The van der Waals surface area contributed by atoms with Gasteiger partial charge in [-0.25, -0.2) is 0 Å². The number of hydrogen-bond donors (Lipinski definition) is 0. The molecule has 1 aliphatic rings. The summed E-state index contributed by atoms with van der Waals surface area (Å²) in [6.45, 7) is 3.64. The normalized spacial score (nSPS) is 30.5. The van der Waals surface area contributed by atoms with Gasteiger partial charge in [0.1, 0.15) is 0 Å². The monoisotopic (exact) mass is 84.0 g/mol. The Labute approximate surface area is 36.8 Å². The van der Waals surface area contributed by atoms with E-state index in [0.29, 0.717) is 0 Å².